The van der Waals surface area contributed by atoms with Gasteiger partial charge >= 0.3 is 5.97 Å². The molecule has 1 atom stereocenters. The van der Waals surface area contributed by atoms with Gasteiger partial charge in [0.05, 0.1) is 0 Å². The molecule has 1 unspecified atom stereocenters. The molecule has 0 spiro atoms. The van der Waals surface area contributed by atoms with Crippen molar-refractivity contribution in [2.24, 2.45) is 5.92 Å². The van der Waals surface area contributed by atoms with E-state index in [-0.39, 0.29) is 12.6 Å². The van der Waals surface area contributed by atoms with E-state index in [2.05, 4.69) is 5.32 Å². The Balaban J connectivity index is 2.11. The third kappa shape index (κ3) is 3.74. The summed E-state index contributed by atoms with van der Waals surface area (Å²) >= 11 is 0. The summed E-state index contributed by atoms with van der Waals surface area (Å²) in [6.45, 7) is 0.872. The number of aliphatic hydroxyl groups excluding tert-OH is 1. The molecule has 3 N–H and O–H groups in total. The number of hydrogen-bond acceptors (Lipinski definition) is 3. The minimum absolute atomic E-state index is 0.183. The number of unbranched alkanes of at least 4 members (excludes halogenated alkanes) is 1. The van der Waals surface area contributed by atoms with Crippen LogP contribution in [0.1, 0.15) is 25.7 Å². The molecule has 76 valence electrons. The first-order chi connectivity index (χ1) is 6.25. The lowest BCUT2D eigenvalue weighted by molar-refractivity contribution is -0.140. The summed E-state index contributed by atoms with van der Waals surface area (Å²) in [7, 11) is 0. The first kappa shape index (κ1) is 10.5. The van der Waals surface area contributed by atoms with Crippen molar-refractivity contribution >= 4 is 5.97 Å². The summed E-state index contributed by atoms with van der Waals surface area (Å²) in [4.78, 5) is 10.7. The molecule has 0 bridgehead atoms. The van der Waals surface area contributed by atoms with Crippen molar-refractivity contribution in [3.63, 3.8) is 0 Å². The second kappa shape index (κ2) is 5.19. The SMILES string of the molecule is O=C(O)C(NCCCCO)C1CC1. The van der Waals surface area contributed by atoms with Crippen LogP contribution in [-0.4, -0.2) is 35.4 Å². The number of nitrogens with one attached hydrogen (secondary N) is 1. The topological polar surface area (TPSA) is 69.6 Å². The van der Waals surface area contributed by atoms with Gasteiger partial charge in [0, 0.05) is 6.61 Å². The number of hydrogen-bond donors (Lipinski definition) is 3. The van der Waals surface area contributed by atoms with Gasteiger partial charge in [-0.05, 0) is 38.1 Å². The fourth-order valence-electron chi connectivity index (χ4n) is 1.38. The van der Waals surface area contributed by atoms with E-state index in [1.165, 1.54) is 0 Å². The molecule has 4 heteroatoms. The van der Waals surface area contributed by atoms with Crippen molar-refractivity contribution in [3.8, 4) is 0 Å². The van der Waals surface area contributed by atoms with Crippen LogP contribution in [0, 0.1) is 5.92 Å². The summed E-state index contributed by atoms with van der Waals surface area (Å²) in [5.41, 5.74) is 0. The predicted octanol–water partition coefficient (Wildman–Crippen LogP) is 0.212. The van der Waals surface area contributed by atoms with Crippen LogP contribution in [0.25, 0.3) is 0 Å². The maximum atomic E-state index is 10.7. The summed E-state index contributed by atoms with van der Waals surface area (Å²) in [5.74, 6) is -0.405. The van der Waals surface area contributed by atoms with Crippen LogP contribution in [0.5, 0.6) is 0 Å². The van der Waals surface area contributed by atoms with Crippen molar-refractivity contribution in [2.75, 3.05) is 13.2 Å². The molecule has 1 aliphatic carbocycles. The molecule has 1 rings (SSSR count). The Bertz CT molecular complexity index is 168. The average molecular weight is 187 g/mol. The fraction of sp³-hybridized carbons (Fsp3) is 0.889. The zero-order valence-corrected chi connectivity index (χ0v) is 7.70. The van der Waals surface area contributed by atoms with E-state index in [1.807, 2.05) is 0 Å². The van der Waals surface area contributed by atoms with E-state index in [0.717, 1.165) is 25.7 Å². The number of carbonyl (C=O) groups is 1. The smallest absolute Gasteiger partial charge is 0.320 e. The molecule has 1 aliphatic rings. The minimum atomic E-state index is -0.744. The Hall–Kier alpha value is -0.610. The van der Waals surface area contributed by atoms with Crippen LogP contribution in [-0.2, 0) is 4.79 Å². The van der Waals surface area contributed by atoms with E-state index in [9.17, 15) is 4.79 Å². The van der Waals surface area contributed by atoms with Crippen molar-refractivity contribution in [1.82, 2.24) is 5.32 Å². The average Bonchev–Trinajstić information content (AvgIpc) is 2.87. The zero-order valence-electron chi connectivity index (χ0n) is 7.70. The van der Waals surface area contributed by atoms with Crippen LogP contribution < -0.4 is 5.32 Å². The van der Waals surface area contributed by atoms with E-state index in [1.54, 1.807) is 0 Å². The summed E-state index contributed by atoms with van der Waals surface area (Å²) in [6, 6.07) is -0.362. The molecule has 1 fully saturated rings. The lowest BCUT2D eigenvalue weighted by Crippen LogP contribution is -2.39. The molecule has 0 amide bonds. The van der Waals surface area contributed by atoms with Crippen LogP contribution in [0.3, 0.4) is 0 Å². The Kier molecular flexibility index (Phi) is 4.18. The standard InChI is InChI=1S/C9H17NO3/c11-6-2-1-5-10-8(9(12)13)7-3-4-7/h7-8,10-11H,1-6H2,(H,12,13). The van der Waals surface area contributed by atoms with Crippen LogP contribution in [0.2, 0.25) is 0 Å². The molecule has 13 heavy (non-hydrogen) atoms. The third-order valence-electron chi connectivity index (χ3n) is 2.31. The van der Waals surface area contributed by atoms with Crippen molar-refractivity contribution in [2.45, 2.75) is 31.7 Å². The van der Waals surface area contributed by atoms with Crippen molar-refractivity contribution in [1.29, 1.82) is 0 Å². The number of rotatable bonds is 7. The zero-order chi connectivity index (χ0) is 9.68. The molecule has 0 saturated heterocycles. The number of carboxylic acid groups (broad SMARTS) is 1. The molecular formula is C9H17NO3. The summed E-state index contributed by atoms with van der Waals surface area (Å²) in [6.07, 6.45) is 3.64. The number of carboxylic acids is 1. The van der Waals surface area contributed by atoms with Gasteiger partial charge in [-0.15, -0.1) is 0 Å². The largest absolute Gasteiger partial charge is 0.480 e. The van der Waals surface area contributed by atoms with Crippen LogP contribution >= 0.6 is 0 Å². The summed E-state index contributed by atoms with van der Waals surface area (Å²) < 4.78 is 0. The molecule has 0 aromatic carbocycles. The van der Waals surface area contributed by atoms with Gasteiger partial charge in [-0.1, -0.05) is 0 Å². The van der Waals surface area contributed by atoms with E-state index in [0.29, 0.717) is 12.5 Å². The second-order valence-corrected chi connectivity index (χ2v) is 3.54. The van der Waals surface area contributed by atoms with Crippen molar-refractivity contribution < 1.29 is 15.0 Å². The monoisotopic (exact) mass is 187 g/mol. The first-order valence-corrected chi connectivity index (χ1v) is 4.82. The third-order valence-corrected chi connectivity index (χ3v) is 2.31. The van der Waals surface area contributed by atoms with E-state index < -0.39 is 5.97 Å². The van der Waals surface area contributed by atoms with Gasteiger partial charge in [0.2, 0.25) is 0 Å². The molecule has 0 heterocycles. The molecule has 1 saturated carbocycles. The Morgan fingerprint density at radius 3 is 2.62 bits per heavy atom. The Morgan fingerprint density at radius 1 is 1.46 bits per heavy atom. The minimum Gasteiger partial charge on any atom is -0.480 e. The lowest BCUT2D eigenvalue weighted by atomic mass is 10.2. The molecule has 0 aliphatic heterocycles. The quantitative estimate of drug-likeness (QED) is 0.498. The highest BCUT2D eigenvalue weighted by Crippen LogP contribution is 2.32. The van der Waals surface area contributed by atoms with Crippen molar-refractivity contribution in [3.05, 3.63) is 0 Å². The van der Waals surface area contributed by atoms with Gasteiger partial charge < -0.3 is 15.5 Å². The highest BCUT2D eigenvalue weighted by molar-refractivity contribution is 5.74. The van der Waals surface area contributed by atoms with E-state index in [4.69, 9.17) is 10.2 Å². The van der Waals surface area contributed by atoms with Gasteiger partial charge in [0.25, 0.3) is 0 Å². The number of aliphatic carboxylic acids is 1. The predicted molar refractivity (Wildman–Crippen MR) is 48.5 cm³/mol. The maximum absolute atomic E-state index is 10.7. The highest BCUT2D eigenvalue weighted by Gasteiger charge is 2.35. The Labute approximate surface area is 78.0 Å². The normalized spacial score (nSPS) is 18.5. The fourth-order valence-corrected chi connectivity index (χ4v) is 1.38. The van der Waals surface area contributed by atoms with Crippen LogP contribution in [0.15, 0.2) is 0 Å². The molecule has 0 aromatic heterocycles. The lowest BCUT2D eigenvalue weighted by Gasteiger charge is -2.12. The van der Waals surface area contributed by atoms with Gasteiger partial charge in [0.1, 0.15) is 6.04 Å². The highest BCUT2D eigenvalue weighted by atomic mass is 16.4. The Morgan fingerprint density at radius 2 is 2.15 bits per heavy atom. The second-order valence-electron chi connectivity index (χ2n) is 3.54. The van der Waals surface area contributed by atoms with Gasteiger partial charge in [-0.3, -0.25) is 4.79 Å². The van der Waals surface area contributed by atoms with Gasteiger partial charge in [0.15, 0.2) is 0 Å². The molecule has 4 nitrogen and oxygen atoms in total. The number of aliphatic hydroxyl groups is 1. The maximum Gasteiger partial charge on any atom is 0.320 e. The van der Waals surface area contributed by atoms with E-state index >= 15 is 0 Å². The molecular weight excluding hydrogens is 170 g/mol. The first-order valence-electron chi connectivity index (χ1n) is 4.82. The van der Waals surface area contributed by atoms with Gasteiger partial charge in [-0.2, -0.15) is 0 Å². The molecule has 0 radical (unpaired) electrons. The molecule has 0 aromatic rings. The van der Waals surface area contributed by atoms with Gasteiger partial charge in [-0.25, -0.2) is 0 Å². The summed E-state index contributed by atoms with van der Waals surface area (Å²) in [5, 5.41) is 20.4. The van der Waals surface area contributed by atoms with Crippen LogP contribution in [0.4, 0.5) is 0 Å².